The maximum atomic E-state index is 7.71. The van der Waals surface area contributed by atoms with Crippen molar-refractivity contribution in [3.63, 3.8) is 0 Å². The number of nitrogens with zero attached hydrogens (tertiary/aromatic N) is 2. The van der Waals surface area contributed by atoms with Crippen molar-refractivity contribution in [2.45, 2.75) is 0 Å². The molecule has 0 saturated carbocycles. The zero-order valence-electron chi connectivity index (χ0n) is 7.73. The van der Waals surface area contributed by atoms with E-state index < -0.39 is 0 Å². The molecule has 58 valence electrons. The van der Waals surface area contributed by atoms with Crippen LogP contribution in [0.2, 0.25) is 0 Å². The minimum Gasteiger partial charge on any atom is -1.00 e. The van der Waals surface area contributed by atoms with Crippen LogP contribution in [0.3, 0.4) is 0 Å². The van der Waals surface area contributed by atoms with Crippen LogP contribution >= 0.6 is 21.6 Å². The van der Waals surface area contributed by atoms with Crippen LogP contribution in [0.1, 0.15) is 1.43 Å². The molecular weight excluding hydrogens is 199 g/mol. The number of hydrogen-bond donors (Lipinski definition) is 0. The first-order chi connectivity index (χ1) is 5.41. The Hall–Kier alpha value is 0.160. The summed E-state index contributed by atoms with van der Waals surface area (Å²) in [7, 11) is 3.69. The second-order valence-corrected chi connectivity index (χ2v) is 3.66. The molecule has 1 heterocycles. The average Bonchev–Trinajstić information content (AvgIpc) is 2.57. The van der Waals surface area contributed by atoms with Gasteiger partial charge in [-0.25, -0.2) is 0 Å². The van der Waals surface area contributed by atoms with Crippen LogP contribution in [-0.2, 0) is 0 Å². The largest absolute Gasteiger partial charge is 1.00 e. The summed E-state index contributed by atoms with van der Waals surface area (Å²) in [5, 5.41) is 17.5. The third-order valence-electron chi connectivity index (χ3n) is 0.616. The molecule has 2 nitrogen and oxygen atoms in total. The van der Waals surface area contributed by atoms with Gasteiger partial charge in [0, 0.05) is 17.9 Å². The number of hydrogen-bond acceptors (Lipinski definition) is 4. The molecule has 5 heteroatoms. The summed E-state index contributed by atoms with van der Waals surface area (Å²) in [5.41, 5.74) is 0. The van der Waals surface area contributed by atoms with Gasteiger partial charge in [0.15, 0.2) is 0 Å². The van der Waals surface area contributed by atoms with E-state index >= 15 is 0 Å². The quantitative estimate of drug-likeness (QED) is 0.307. The fourth-order valence-electron chi connectivity index (χ4n) is 0.271. The molecule has 0 unspecified atom stereocenters. The summed E-state index contributed by atoms with van der Waals surface area (Å²) in [6, 6.07) is 3.33. The molecule has 0 saturated heterocycles. The summed E-state index contributed by atoms with van der Waals surface area (Å²) in [5.74, 6) is 1.20. The van der Waals surface area contributed by atoms with Crippen LogP contribution in [0.4, 0.5) is 0 Å². The third-order valence-corrected chi connectivity index (χ3v) is 2.53. The van der Waals surface area contributed by atoms with E-state index in [1.807, 2.05) is 21.6 Å². The summed E-state index contributed by atoms with van der Waals surface area (Å²) in [6.45, 7) is 0. The van der Waals surface area contributed by atoms with Gasteiger partial charge in [-0.3, -0.25) is 0 Å². The van der Waals surface area contributed by atoms with Gasteiger partial charge in [-0.15, -0.1) is 0 Å². The van der Waals surface area contributed by atoms with Crippen molar-refractivity contribution in [3.8, 4) is 12.1 Å². The van der Waals surface area contributed by atoms with Crippen molar-refractivity contribution in [1.82, 2.24) is 0 Å². The van der Waals surface area contributed by atoms with E-state index in [2.05, 4.69) is 11.5 Å². The van der Waals surface area contributed by atoms with E-state index in [-0.39, 0.29) is 31.0 Å². The zero-order valence-corrected chi connectivity index (χ0v) is 10.4. The molecule has 12 heavy (non-hydrogen) atoms. The summed E-state index contributed by atoms with van der Waals surface area (Å²) in [4.78, 5) is 0. The molecule has 0 aromatic heterocycles. The minimum atomic E-state index is 0. The normalized spacial score (nSPS) is 12.2. The fraction of sp³-hybridized carbons (Fsp3) is 0.143. The Labute approximate surface area is 104 Å². The first kappa shape index (κ1) is 14.7. The zero-order chi connectivity index (χ0) is 8.36. The van der Waals surface area contributed by atoms with Gasteiger partial charge in [0.1, 0.15) is 0 Å². The van der Waals surface area contributed by atoms with Crippen molar-refractivity contribution in [3.05, 3.63) is 23.6 Å². The van der Waals surface area contributed by atoms with Crippen molar-refractivity contribution in [2.75, 3.05) is 5.75 Å². The van der Waals surface area contributed by atoms with Crippen LogP contribution in [0, 0.1) is 22.7 Å². The van der Waals surface area contributed by atoms with E-state index in [0.29, 0.717) is 0 Å². The first-order valence-corrected chi connectivity index (χ1v) is 5.17. The van der Waals surface area contributed by atoms with Crippen molar-refractivity contribution in [1.29, 1.82) is 10.5 Å². The Morgan fingerprint density at radius 2 is 1.92 bits per heavy atom. The molecule has 0 aliphatic carbocycles. The van der Waals surface area contributed by atoms with Gasteiger partial charge < -0.3 is 1.43 Å². The molecule has 0 aromatic carbocycles. The van der Waals surface area contributed by atoms with Crippen LogP contribution in [0.15, 0.2) is 23.6 Å². The van der Waals surface area contributed by atoms with E-state index in [1.165, 1.54) is 5.75 Å². The number of nitriles is 2. The van der Waals surface area contributed by atoms with Gasteiger partial charge in [-0.1, -0.05) is 27.7 Å². The molecule has 1 aliphatic rings. The van der Waals surface area contributed by atoms with Gasteiger partial charge >= 0.3 is 29.6 Å². The summed E-state index contributed by atoms with van der Waals surface area (Å²) < 4.78 is 0. The fourth-order valence-corrected chi connectivity index (χ4v) is 1.84. The Morgan fingerprint density at radius 3 is 2.08 bits per heavy atom. The van der Waals surface area contributed by atoms with Crippen LogP contribution in [0.5, 0.6) is 0 Å². The monoisotopic (exact) mass is 206 g/mol. The van der Waals surface area contributed by atoms with E-state index in [0.717, 1.165) is 12.2 Å². The summed E-state index contributed by atoms with van der Waals surface area (Å²) in [6.07, 6.45) is 4.41. The standard InChI is InChI=1S/C4H2N2.C3H4S2.Na.H/c5-3-1-2-4-6;1-2-4-5-3-1;;/h1-2H;1-2H,3H2;;/q;;+1;-1/b2-1+;;;. The molecular formula is C7H7N2NaS2. The molecule has 1 aliphatic heterocycles. The molecule has 0 atom stereocenters. The number of rotatable bonds is 0. The molecule has 1 rings (SSSR count). The molecule has 0 aromatic rings. The topological polar surface area (TPSA) is 47.6 Å². The molecule has 0 amide bonds. The van der Waals surface area contributed by atoms with E-state index in [1.54, 1.807) is 12.1 Å². The van der Waals surface area contributed by atoms with Crippen molar-refractivity contribution in [2.24, 2.45) is 0 Å². The molecule has 0 bridgehead atoms. The van der Waals surface area contributed by atoms with Gasteiger partial charge in [0.05, 0.1) is 12.1 Å². The summed E-state index contributed by atoms with van der Waals surface area (Å²) >= 11 is 0. The Kier molecular flexibility index (Phi) is 16.8. The predicted molar refractivity (Wildman–Crippen MR) is 50.7 cm³/mol. The smallest absolute Gasteiger partial charge is 1.00 e. The van der Waals surface area contributed by atoms with Gasteiger partial charge in [0.2, 0.25) is 0 Å². The van der Waals surface area contributed by atoms with Crippen molar-refractivity contribution >= 4 is 21.6 Å². The third kappa shape index (κ3) is 12.8. The number of allylic oxidation sites excluding steroid dienone is 2. The van der Waals surface area contributed by atoms with Gasteiger partial charge in [0.25, 0.3) is 0 Å². The van der Waals surface area contributed by atoms with Crippen LogP contribution in [0.25, 0.3) is 0 Å². The maximum Gasteiger partial charge on any atom is 1.00 e. The Morgan fingerprint density at radius 1 is 1.33 bits per heavy atom. The molecule has 0 N–H and O–H groups in total. The van der Waals surface area contributed by atoms with Crippen molar-refractivity contribution < 1.29 is 31.0 Å². The van der Waals surface area contributed by atoms with Crippen LogP contribution < -0.4 is 29.6 Å². The average molecular weight is 206 g/mol. The van der Waals surface area contributed by atoms with E-state index in [9.17, 15) is 0 Å². The minimum absolute atomic E-state index is 0. The second kappa shape index (κ2) is 13.7. The molecule has 0 spiro atoms. The van der Waals surface area contributed by atoms with E-state index in [4.69, 9.17) is 10.5 Å². The molecule has 0 radical (unpaired) electrons. The van der Waals surface area contributed by atoms with Gasteiger partial charge in [-0.2, -0.15) is 10.5 Å². The molecule has 0 fully saturated rings. The Balaban J connectivity index is -0.000000134. The second-order valence-electron chi connectivity index (χ2n) is 1.34. The van der Waals surface area contributed by atoms with Gasteiger partial charge in [-0.05, 0) is 5.41 Å². The SMILES string of the molecule is C1=CSSC1.N#C/C=C/C#N.[H-].[Na+]. The van der Waals surface area contributed by atoms with Crippen LogP contribution in [-0.4, -0.2) is 5.75 Å². The first-order valence-electron chi connectivity index (χ1n) is 2.79. The Bertz CT molecular complexity index is 208. The maximum absolute atomic E-state index is 7.71. The predicted octanol–water partition coefficient (Wildman–Crippen LogP) is -0.399.